The second-order valence-corrected chi connectivity index (χ2v) is 6.57. The van der Waals surface area contributed by atoms with E-state index in [1.54, 1.807) is 18.2 Å². The van der Waals surface area contributed by atoms with Crippen LogP contribution in [0.4, 0.5) is 11.4 Å². The number of nitrogens with one attached hydrogen (secondary N) is 2. The third-order valence-electron chi connectivity index (χ3n) is 4.38. The number of amides is 2. The fraction of sp³-hybridized carbons (Fsp3) is 0.278. The lowest BCUT2D eigenvalue weighted by molar-refractivity contribution is -0.141. The number of furan rings is 1. The Morgan fingerprint density at radius 2 is 1.88 bits per heavy atom. The lowest BCUT2D eigenvalue weighted by Gasteiger charge is -2.12. The van der Waals surface area contributed by atoms with Gasteiger partial charge in [0.1, 0.15) is 0 Å². The lowest BCUT2D eigenvalue weighted by Crippen LogP contribution is -2.21. The number of carbonyl (C=O) groups is 3. The van der Waals surface area contributed by atoms with E-state index in [0.717, 1.165) is 0 Å². The van der Waals surface area contributed by atoms with E-state index in [4.69, 9.17) is 21.1 Å². The predicted octanol–water partition coefficient (Wildman–Crippen LogP) is 3.62. The van der Waals surface area contributed by atoms with Gasteiger partial charge in [-0.15, -0.1) is 0 Å². The van der Waals surface area contributed by atoms with Gasteiger partial charge in [0.25, 0.3) is 5.91 Å². The SMILES string of the molecule is O=C(Nc1ccc(NC(=O)[C@H]2CC[C@@H](C(=O)O)C2)cc1Cl)c1ccco1. The maximum atomic E-state index is 12.3. The number of hydrogen-bond donors (Lipinski definition) is 3. The summed E-state index contributed by atoms with van der Waals surface area (Å²) in [5.74, 6) is -2.15. The van der Waals surface area contributed by atoms with Crippen molar-refractivity contribution in [2.45, 2.75) is 19.3 Å². The van der Waals surface area contributed by atoms with Gasteiger partial charge < -0.3 is 20.2 Å². The number of benzene rings is 1. The standard InChI is InChI=1S/C18H17ClN2O5/c19-13-9-12(20-16(22)10-3-4-11(8-10)18(24)25)5-6-14(13)21-17(23)15-2-1-7-26-15/h1-2,5-7,9-11H,3-4,8H2,(H,20,22)(H,21,23)(H,24,25)/t10-,11+/m0/s1. The molecule has 136 valence electrons. The van der Waals surface area contributed by atoms with Gasteiger partial charge >= 0.3 is 5.97 Å². The Morgan fingerprint density at radius 3 is 2.50 bits per heavy atom. The molecule has 0 unspecified atom stereocenters. The number of anilines is 2. The Hall–Kier alpha value is -2.80. The second-order valence-electron chi connectivity index (χ2n) is 6.16. The highest BCUT2D eigenvalue weighted by molar-refractivity contribution is 6.34. The quantitative estimate of drug-likeness (QED) is 0.738. The molecule has 1 heterocycles. The highest BCUT2D eigenvalue weighted by Crippen LogP contribution is 2.32. The van der Waals surface area contributed by atoms with Crippen LogP contribution in [0.1, 0.15) is 29.8 Å². The molecule has 2 aromatic rings. The molecule has 8 heteroatoms. The first-order valence-corrected chi connectivity index (χ1v) is 8.50. The van der Waals surface area contributed by atoms with Crippen LogP contribution >= 0.6 is 11.6 Å². The van der Waals surface area contributed by atoms with Crippen molar-refractivity contribution in [3.8, 4) is 0 Å². The number of carboxylic acids is 1. The molecule has 2 amide bonds. The summed E-state index contributed by atoms with van der Waals surface area (Å²) in [6, 6.07) is 7.86. The van der Waals surface area contributed by atoms with Crippen molar-refractivity contribution in [3.05, 3.63) is 47.4 Å². The third-order valence-corrected chi connectivity index (χ3v) is 4.70. The first kappa shape index (κ1) is 18.0. The molecule has 1 aliphatic rings. The number of hydrogen-bond acceptors (Lipinski definition) is 4. The highest BCUT2D eigenvalue weighted by Gasteiger charge is 2.33. The van der Waals surface area contributed by atoms with Crippen LogP contribution < -0.4 is 10.6 Å². The van der Waals surface area contributed by atoms with Gasteiger partial charge in [0.2, 0.25) is 5.91 Å². The molecule has 1 aliphatic carbocycles. The minimum atomic E-state index is -0.861. The maximum Gasteiger partial charge on any atom is 0.306 e. The minimum Gasteiger partial charge on any atom is -0.481 e. The maximum absolute atomic E-state index is 12.3. The molecule has 3 rings (SSSR count). The molecule has 3 N–H and O–H groups in total. The summed E-state index contributed by atoms with van der Waals surface area (Å²) in [6.45, 7) is 0. The van der Waals surface area contributed by atoms with Gasteiger partial charge in [0.15, 0.2) is 5.76 Å². The molecule has 1 saturated carbocycles. The van der Waals surface area contributed by atoms with Gasteiger partial charge in [0, 0.05) is 11.6 Å². The fourth-order valence-electron chi connectivity index (χ4n) is 2.97. The zero-order valence-electron chi connectivity index (χ0n) is 13.7. The van der Waals surface area contributed by atoms with E-state index in [-0.39, 0.29) is 22.6 Å². The van der Waals surface area contributed by atoms with Gasteiger partial charge in [-0.25, -0.2) is 0 Å². The predicted molar refractivity (Wildman–Crippen MR) is 95.2 cm³/mol. The van der Waals surface area contributed by atoms with E-state index < -0.39 is 17.8 Å². The fourth-order valence-corrected chi connectivity index (χ4v) is 3.20. The van der Waals surface area contributed by atoms with Gasteiger partial charge in [-0.2, -0.15) is 0 Å². The van der Waals surface area contributed by atoms with Gasteiger partial charge in [0.05, 0.1) is 22.9 Å². The van der Waals surface area contributed by atoms with Crippen LogP contribution in [0.15, 0.2) is 41.0 Å². The van der Waals surface area contributed by atoms with Crippen molar-refractivity contribution in [2.75, 3.05) is 10.6 Å². The van der Waals surface area contributed by atoms with E-state index in [1.807, 2.05) is 0 Å². The number of aliphatic carboxylic acids is 1. The molecule has 0 saturated heterocycles. The van der Waals surface area contributed by atoms with Crippen LogP contribution in [0.5, 0.6) is 0 Å². The van der Waals surface area contributed by atoms with E-state index >= 15 is 0 Å². The molecule has 1 aromatic heterocycles. The second kappa shape index (κ2) is 7.61. The zero-order chi connectivity index (χ0) is 18.7. The molecule has 0 radical (unpaired) electrons. The van der Waals surface area contributed by atoms with Crippen LogP contribution in [0, 0.1) is 11.8 Å². The molecule has 7 nitrogen and oxygen atoms in total. The molecule has 0 spiro atoms. The van der Waals surface area contributed by atoms with Crippen molar-refractivity contribution in [1.29, 1.82) is 0 Å². The third kappa shape index (κ3) is 4.05. The zero-order valence-corrected chi connectivity index (χ0v) is 14.5. The normalized spacial score (nSPS) is 19.1. The summed E-state index contributed by atoms with van der Waals surface area (Å²) in [7, 11) is 0. The van der Waals surface area contributed by atoms with Crippen molar-refractivity contribution in [1.82, 2.24) is 0 Å². The van der Waals surface area contributed by atoms with Crippen LogP contribution in [0.3, 0.4) is 0 Å². The van der Waals surface area contributed by atoms with Crippen molar-refractivity contribution in [2.24, 2.45) is 11.8 Å². The molecule has 0 aliphatic heterocycles. The Morgan fingerprint density at radius 1 is 1.12 bits per heavy atom. The van der Waals surface area contributed by atoms with Crippen molar-refractivity contribution < 1.29 is 23.9 Å². The van der Waals surface area contributed by atoms with Crippen LogP contribution in [-0.4, -0.2) is 22.9 Å². The number of rotatable bonds is 5. The molecular formula is C18H17ClN2O5. The summed E-state index contributed by atoms with van der Waals surface area (Å²) >= 11 is 6.17. The Balaban J connectivity index is 1.61. The molecule has 2 atom stereocenters. The molecule has 0 bridgehead atoms. The largest absolute Gasteiger partial charge is 0.481 e. The minimum absolute atomic E-state index is 0.160. The monoisotopic (exact) mass is 376 g/mol. The molecule has 1 fully saturated rings. The molecular weight excluding hydrogens is 360 g/mol. The van der Waals surface area contributed by atoms with E-state index in [0.29, 0.717) is 30.6 Å². The van der Waals surface area contributed by atoms with Gasteiger partial charge in [-0.1, -0.05) is 11.6 Å². The number of halogens is 1. The van der Waals surface area contributed by atoms with Crippen LogP contribution in [-0.2, 0) is 9.59 Å². The van der Waals surface area contributed by atoms with Crippen LogP contribution in [0.25, 0.3) is 0 Å². The summed E-state index contributed by atoms with van der Waals surface area (Å²) in [5.41, 5.74) is 0.868. The van der Waals surface area contributed by atoms with Crippen LogP contribution in [0.2, 0.25) is 5.02 Å². The van der Waals surface area contributed by atoms with E-state index in [2.05, 4.69) is 10.6 Å². The van der Waals surface area contributed by atoms with Gasteiger partial charge in [-0.3, -0.25) is 14.4 Å². The average molecular weight is 377 g/mol. The Kier molecular flexibility index (Phi) is 5.27. The molecule has 1 aromatic carbocycles. The Bertz CT molecular complexity index is 834. The lowest BCUT2D eigenvalue weighted by atomic mass is 10.0. The summed E-state index contributed by atoms with van der Waals surface area (Å²) in [5, 5.41) is 14.6. The van der Waals surface area contributed by atoms with Gasteiger partial charge in [-0.05, 0) is 49.6 Å². The summed E-state index contributed by atoms with van der Waals surface area (Å²) in [4.78, 5) is 35.2. The summed E-state index contributed by atoms with van der Waals surface area (Å²) < 4.78 is 5.01. The Labute approximate surface area is 154 Å². The summed E-state index contributed by atoms with van der Waals surface area (Å²) in [6.07, 6.45) is 2.79. The molecule has 26 heavy (non-hydrogen) atoms. The smallest absolute Gasteiger partial charge is 0.306 e. The highest BCUT2D eigenvalue weighted by atomic mass is 35.5. The van der Waals surface area contributed by atoms with Crippen molar-refractivity contribution >= 4 is 40.8 Å². The topological polar surface area (TPSA) is 109 Å². The first-order chi connectivity index (χ1) is 12.4. The van der Waals surface area contributed by atoms with E-state index in [1.165, 1.54) is 18.4 Å². The number of carboxylic acid groups (broad SMARTS) is 1. The van der Waals surface area contributed by atoms with Crippen molar-refractivity contribution in [3.63, 3.8) is 0 Å². The average Bonchev–Trinajstić information content (AvgIpc) is 3.29. The first-order valence-electron chi connectivity index (χ1n) is 8.12. The van der Waals surface area contributed by atoms with E-state index in [9.17, 15) is 14.4 Å². The number of carbonyl (C=O) groups excluding carboxylic acids is 2.